The maximum absolute atomic E-state index is 10.8. The molecule has 6 heteroatoms. The number of hydrogen-bond donors (Lipinski definition) is 5. The number of rotatable bonds is 7. The highest BCUT2D eigenvalue weighted by Gasteiger charge is 2.01. The first-order chi connectivity index (χ1) is 9.20. The van der Waals surface area contributed by atoms with Crippen LogP contribution >= 0.6 is 0 Å². The number of hydrogen-bond acceptors (Lipinski definition) is 5. The van der Waals surface area contributed by atoms with Crippen molar-refractivity contribution in [2.45, 2.75) is 52.6 Å². The zero-order valence-electron chi connectivity index (χ0n) is 13.0. The predicted molar refractivity (Wildman–Crippen MR) is 77.9 cm³/mol. The number of carbonyl (C=O) groups excluding carboxylic acids is 1. The lowest BCUT2D eigenvalue weighted by Gasteiger charge is -2.06. The molecule has 0 rings (SSSR count). The topological polar surface area (TPSA) is 110 Å². The first-order valence-corrected chi connectivity index (χ1v) is 6.65. The average molecular weight is 283 g/mol. The minimum Gasteiger partial charge on any atom is -0.400 e. The van der Waals surface area contributed by atoms with Crippen LogP contribution in [0.1, 0.15) is 46.5 Å². The molecule has 0 aliphatic rings. The molecule has 0 aromatic rings. The van der Waals surface area contributed by atoms with E-state index in [4.69, 9.17) is 20.4 Å². The molecule has 0 saturated carbocycles. The number of nitrogens with one attached hydrogen (secondary N) is 1. The van der Waals surface area contributed by atoms with Crippen molar-refractivity contribution in [1.29, 1.82) is 0 Å². The van der Waals surface area contributed by atoms with Crippen molar-refractivity contribution >= 4 is 5.91 Å². The van der Waals surface area contributed by atoms with Crippen LogP contribution in [0, 0.1) is 0 Å². The van der Waals surface area contributed by atoms with E-state index in [1.54, 1.807) is 0 Å². The van der Waals surface area contributed by atoms with Gasteiger partial charge in [0.25, 0.3) is 0 Å². The molecule has 5 N–H and O–H groups in total. The largest absolute Gasteiger partial charge is 0.400 e. The lowest BCUT2D eigenvalue weighted by molar-refractivity contribution is -0.120. The van der Waals surface area contributed by atoms with Gasteiger partial charge in [-0.1, -0.05) is 20.8 Å². The molecule has 0 aromatic heterocycles. The van der Waals surface area contributed by atoms with Gasteiger partial charge in [-0.2, -0.15) is 0 Å². The second-order valence-corrected chi connectivity index (χ2v) is 3.04. The Labute approximate surface area is 117 Å². The number of aliphatic hydroxyl groups excluding tert-OH is 4. The van der Waals surface area contributed by atoms with Crippen LogP contribution in [0.3, 0.4) is 0 Å². The van der Waals surface area contributed by atoms with E-state index in [1.165, 1.54) is 0 Å². The maximum atomic E-state index is 10.8. The first kappa shape index (κ1) is 26.8. The maximum Gasteiger partial charge on any atom is 0.219 e. The van der Waals surface area contributed by atoms with E-state index in [0.29, 0.717) is 19.4 Å². The van der Waals surface area contributed by atoms with Gasteiger partial charge < -0.3 is 25.7 Å². The van der Waals surface area contributed by atoms with E-state index in [2.05, 4.69) is 5.32 Å². The van der Waals surface area contributed by atoms with Crippen molar-refractivity contribution < 1.29 is 25.2 Å². The van der Waals surface area contributed by atoms with Gasteiger partial charge in [-0.05, 0) is 19.3 Å². The third kappa shape index (κ3) is 31.7. The van der Waals surface area contributed by atoms with Gasteiger partial charge in [0.15, 0.2) is 0 Å². The standard InChI is InChI=1S/C9H19NO3.C2H6.2CH4O/c1-2-9(13)10-6-4-3-5-8(12)7-11;3*1-2/h8,11-12H,2-7H2,1H3,(H,10,13);1-2H3;2*2H,1H3/t8-;;;/m0.../s1. The van der Waals surface area contributed by atoms with Gasteiger partial charge in [0.05, 0.1) is 12.7 Å². The molecular weight excluding hydrogens is 250 g/mol. The Kier molecular flexibility index (Phi) is 42.8. The fourth-order valence-electron chi connectivity index (χ4n) is 0.949. The summed E-state index contributed by atoms with van der Waals surface area (Å²) < 4.78 is 0. The van der Waals surface area contributed by atoms with Crippen LogP contribution in [0.4, 0.5) is 0 Å². The summed E-state index contributed by atoms with van der Waals surface area (Å²) in [6, 6.07) is 0. The smallest absolute Gasteiger partial charge is 0.219 e. The van der Waals surface area contributed by atoms with E-state index in [0.717, 1.165) is 27.1 Å². The molecule has 6 nitrogen and oxygen atoms in total. The fraction of sp³-hybridized carbons (Fsp3) is 0.923. The van der Waals surface area contributed by atoms with E-state index in [1.807, 2.05) is 20.8 Å². The Morgan fingerprint density at radius 3 is 1.95 bits per heavy atom. The van der Waals surface area contributed by atoms with E-state index >= 15 is 0 Å². The van der Waals surface area contributed by atoms with Crippen LogP contribution in [0.25, 0.3) is 0 Å². The summed E-state index contributed by atoms with van der Waals surface area (Å²) >= 11 is 0. The van der Waals surface area contributed by atoms with E-state index in [-0.39, 0.29) is 12.5 Å². The van der Waals surface area contributed by atoms with Crippen molar-refractivity contribution in [2.75, 3.05) is 27.4 Å². The van der Waals surface area contributed by atoms with Gasteiger partial charge in [-0.3, -0.25) is 4.79 Å². The number of unbranched alkanes of at least 4 members (excludes halogenated alkanes) is 1. The average Bonchev–Trinajstić information content (AvgIpc) is 2.52. The molecule has 0 spiro atoms. The molecule has 0 unspecified atom stereocenters. The molecule has 0 aromatic carbocycles. The lowest BCUT2D eigenvalue weighted by atomic mass is 10.1. The summed E-state index contributed by atoms with van der Waals surface area (Å²) in [6.45, 7) is 6.29. The van der Waals surface area contributed by atoms with Gasteiger partial charge in [-0.25, -0.2) is 0 Å². The molecule has 1 atom stereocenters. The zero-order valence-corrected chi connectivity index (χ0v) is 13.0. The molecule has 1 amide bonds. The van der Waals surface area contributed by atoms with Crippen molar-refractivity contribution in [3.05, 3.63) is 0 Å². The lowest BCUT2D eigenvalue weighted by Crippen LogP contribution is -2.23. The highest BCUT2D eigenvalue weighted by molar-refractivity contribution is 5.75. The van der Waals surface area contributed by atoms with Crippen molar-refractivity contribution in [2.24, 2.45) is 0 Å². The summed E-state index contributed by atoms with van der Waals surface area (Å²) in [6.07, 6.45) is 2.17. The Morgan fingerprint density at radius 2 is 1.58 bits per heavy atom. The predicted octanol–water partition coefficient (Wildman–Crippen LogP) is 0.279. The van der Waals surface area contributed by atoms with Crippen LogP contribution in [-0.4, -0.2) is 59.8 Å². The van der Waals surface area contributed by atoms with Gasteiger partial charge in [0.2, 0.25) is 5.91 Å². The third-order valence-electron chi connectivity index (χ3n) is 1.82. The monoisotopic (exact) mass is 283 g/mol. The molecule has 0 saturated heterocycles. The van der Waals surface area contributed by atoms with Crippen LogP contribution in [0.5, 0.6) is 0 Å². The van der Waals surface area contributed by atoms with Gasteiger partial charge >= 0.3 is 0 Å². The van der Waals surface area contributed by atoms with Crippen LogP contribution in [-0.2, 0) is 4.79 Å². The summed E-state index contributed by atoms with van der Waals surface area (Å²) in [7, 11) is 2.00. The summed E-state index contributed by atoms with van der Waals surface area (Å²) in [5.74, 6) is 0.0581. The van der Waals surface area contributed by atoms with Gasteiger partial charge in [-0.15, -0.1) is 0 Å². The second-order valence-electron chi connectivity index (χ2n) is 3.04. The van der Waals surface area contributed by atoms with Crippen molar-refractivity contribution in [3.8, 4) is 0 Å². The molecule has 120 valence electrons. The molecular formula is C13H33NO5. The van der Waals surface area contributed by atoms with Crippen LogP contribution < -0.4 is 5.32 Å². The molecule has 0 fully saturated rings. The zero-order chi connectivity index (χ0) is 16.1. The fourth-order valence-corrected chi connectivity index (χ4v) is 0.949. The molecule has 19 heavy (non-hydrogen) atoms. The Balaban J connectivity index is -0.000000163. The Bertz CT molecular complexity index is 145. The van der Waals surface area contributed by atoms with Crippen LogP contribution in [0.15, 0.2) is 0 Å². The second kappa shape index (κ2) is 30.4. The quantitative estimate of drug-likeness (QED) is 0.431. The van der Waals surface area contributed by atoms with E-state index in [9.17, 15) is 4.79 Å². The molecule has 0 heterocycles. The Hall–Kier alpha value is -0.690. The SMILES string of the molecule is CC.CCC(=O)NCCCC[C@H](O)CO.CO.CO. The van der Waals surface area contributed by atoms with Gasteiger partial charge in [0, 0.05) is 27.2 Å². The summed E-state index contributed by atoms with van der Waals surface area (Å²) in [5, 5.41) is 34.2. The number of aliphatic hydroxyl groups is 4. The summed E-state index contributed by atoms with van der Waals surface area (Å²) in [5.41, 5.74) is 0. The minimum atomic E-state index is -0.609. The van der Waals surface area contributed by atoms with Crippen molar-refractivity contribution in [1.82, 2.24) is 5.32 Å². The molecule has 0 aliphatic heterocycles. The summed E-state index contributed by atoms with van der Waals surface area (Å²) in [4.78, 5) is 10.8. The third-order valence-corrected chi connectivity index (χ3v) is 1.82. The molecule has 0 aliphatic carbocycles. The minimum absolute atomic E-state index is 0.0581. The van der Waals surface area contributed by atoms with E-state index < -0.39 is 6.10 Å². The molecule has 0 radical (unpaired) electrons. The Morgan fingerprint density at radius 1 is 1.11 bits per heavy atom. The first-order valence-electron chi connectivity index (χ1n) is 6.65. The normalized spacial score (nSPS) is 9.53. The van der Waals surface area contributed by atoms with Crippen LogP contribution in [0.2, 0.25) is 0 Å². The number of amides is 1. The highest BCUT2D eigenvalue weighted by atomic mass is 16.3. The van der Waals surface area contributed by atoms with Gasteiger partial charge in [0.1, 0.15) is 0 Å². The number of carbonyl (C=O) groups is 1. The van der Waals surface area contributed by atoms with Crippen molar-refractivity contribution in [3.63, 3.8) is 0 Å². The molecule has 0 bridgehead atoms. The highest BCUT2D eigenvalue weighted by Crippen LogP contribution is 1.98.